The number of nitrogens with zero attached hydrogens (tertiary/aromatic N) is 3. The molecule has 0 radical (unpaired) electrons. The van der Waals surface area contributed by atoms with Crippen LogP contribution in [0.25, 0.3) is 0 Å². The molecule has 2 aromatic rings. The highest BCUT2D eigenvalue weighted by Crippen LogP contribution is 2.22. The predicted molar refractivity (Wildman–Crippen MR) is 79.5 cm³/mol. The Morgan fingerprint density at radius 1 is 1.21 bits per heavy atom. The number of nitrogens with two attached hydrogens (primary N) is 1. The fraction of sp³-hybridized carbons (Fsp3) is 0.286. The Hall–Kier alpha value is -1.81. The standard InChI is InChI=1S/C14H17ClN4/c1-9-6-14(18-10(2)17-9)19(3)8-11-7-12(16)4-5-13(11)15/h4-7H,8,16H2,1-3H3. The van der Waals surface area contributed by atoms with Crippen molar-refractivity contribution in [2.75, 3.05) is 17.7 Å². The topological polar surface area (TPSA) is 55.0 Å². The molecule has 1 heterocycles. The second-order valence-electron chi connectivity index (χ2n) is 4.62. The van der Waals surface area contributed by atoms with E-state index < -0.39 is 0 Å². The monoisotopic (exact) mass is 276 g/mol. The molecule has 0 spiro atoms. The number of rotatable bonds is 3. The number of hydrogen-bond donors (Lipinski definition) is 1. The molecular formula is C14H17ClN4. The number of aromatic nitrogens is 2. The second kappa shape index (κ2) is 5.45. The van der Waals surface area contributed by atoms with Crippen molar-refractivity contribution in [3.05, 3.63) is 46.4 Å². The van der Waals surface area contributed by atoms with Crippen molar-refractivity contribution >= 4 is 23.1 Å². The molecule has 1 aromatic carbocycles. The highest BCUT2D eigenvalue weighted by Gasteiger charge is 2.08. The van der Waals surface area contributed by atoms with Crippen molar-refractivity contribution in [2.24, 2.45) is 0 Å². The van der Waals surface area contributed by atoms with Crippen LogP contribution in [0, 0.1) is 13.8 Å². The maximum Gasteiger partial charge on any atom is 0.132 e. The summed E-state index contributed by atoms with van der Waals surface area (Å²) < 4.78 is 0. The van der Waals surface area contributed by atoms with Gasteiger partial charge in [-0.1, -0.05) is 11.6 Å². The van der Waals surface area contributed by atoms with E-state index in [1.165, 1.54) is 0 Å². The summed E-state index contributed by atoms with van der Waals surface area (Å²) in [5.74, 6) is 1.64. The molecule has 0 atom stereocenters. The number of aryl methyl sites for hydroxylation is 2. The lowest BCUT2D eigenvalue weighted by Crippen LogP contribution is -2.19. The number of hydrogen-bond acceptors (Lipinski definition) is 4. The fourth-order valence-electron chi connectivity index (χ4n) is 1.95. The van der Waals surface area contributed by atoms with Crippen LogP contribution in [0.3, 0.4) is 0 Å². The summed E-state index contributed by atoms with van der Waals surface area (Å²) in [7, 11) is 1.97. The summed E-state index contributed by atoms with van der Waals surface area (Å²) in [5.41, 5.74) is 8.43. The number of halogens is 1. The van der Waals surface area contributed by atoms with E-state index in [1.807, 2.05) is 44.0 Å². The first-order valence-electron chi connectivity index (χ1n) is 6.03. The van der Waals surface area contributed by atoms with Crippen LogP contribution in [0.15, 0.2) is 24.3 Å². The van der Waals surface area contributed by atoms with E-state index in [-0.39, 0.29) is 0 Å². The highest BCUT2D eigenvalue weighted by molar-refractivity contribution is 6.31. The van der Waals surface area contributed by atoms with Gasteiger partial charge in [-0.25, -0.2) is 9.97 Å². The highest BCUT2D eigenvalue weighted by atomic mass is 35.5. The van der Waals surface area contributed by atoms with Gasteiger partial charge in [0.25, 0.3) is 0 Å². The molecule has 0 fully saturated rings. The van der Waals surface area contributed by atoms with Crippen molar-refractivity contribution in [2.45, 2.75) is 20.4 Å². The van der Waals surface area contributed by atoms with Gasteiger partial charge in [0.1, 0.15) is 11.6 Å². The van der Waals surface area contributed by atoms with Gasteiger partial charge in [-0.15, -0.1) is 0 Å². The van der Waals surface area contributed by atoms with Gasteiger partial charge in [0, 0.05) is 36.1 Å². The van der Waals surface area contributed by atoms with Crippen LogP contribution < -0.4 is 10.6 Å². The molecule has 0 saturated heterocycles. The molecule has 1 aromatic heterocycles. The van der Waals surface area contributed by atoms with E-state index in [2.05, 4.69) is 9.97 Å². The van der Waals surface area contributed by atoms with Crippen LogP contribution in [-0.2, 0) is 6.54 Å². The van der Waals surface area contributed by atoms with Gasteiger partial charge in [-0.2, -0.15) is 0 Å². The lowest BCUT2D eigenvalue weighted by Gasteiger charge is -2.19. The van der Waals surface area contributed by atoms with Gasteiger partial charge >= 0.3 is 0 Å². The second-order valence-corrected chi connectivity index (χ2v) is 5.03. The average molecular weight is 277 g/mol. The number of anilines is 2. The lowest BCUT2D eigenvalue weighted by molar-refractivity contribution is 0.872. The van der Waals surface area contributed by atoms with E-state index in [4.69, 9.17) is 17.3 Å². The molecule has 2 rings (SSSR count). The molecule has 0 aliphatic rings. The summed E-state index contributed by atoms with van der Waals surface area (Å²) >= 11 is 6.18. The van der Waals surface area contributed by atoms with Gasteiger partial charge < -0.3 is 10.6 Å². The average Bonchev–Trinajstić information content (AvgIpc) is 2.32. The third-order valence-corrected chi connectivity index (χ3v) is 3.19. The van der Waals surface area contributed by atoms with Gasteiger partial charge in [0.05, 0.1) is 0 Å². The van der Waals surface area contributed by atoms with Gasteiger partial charge in [-0.05, 0) is 37.6 Å². The summed E-state index contributed by atoms with van der Waals surface area (Å²) in [4.78, 5) is 10.7. The number of nitrogen functional groups attached to an aromatic ring is 1. The predicted octanol–water partition coefficient (Wildman–Crippen LogP) is 2.97. The Labute approximate surface area is 118 Å². The van der Waals surface area contributed by atoms with E-state index in [0.29, 0.717) is 17.3 Å². The smallest absolute Gasteiger partial charge is 0.132 e. The zero-order valence-corrected chi connectivity index (χ0v) is 12.1. The van der Waals surface area contributed by atoms with E-state index in [0.717, 1.165) is 22.9 Å². The van der Waals surface area contributed by atoms with Crippen molar-refractivity contribution < 1.29 is 0 Å². The Morgan fingerprint density at radius 3 is 2.63 bits per heavy atom. The maximum absolute atomic E-state index is 6.18. The molecule has 0 saturated carbocycles. The Balaban J connectivity index is 2.25. The first-order chi connectivity index (χ1) is 8.95. The van der Waals surface area contributed by atoms with Crippen LogP contribution in [-0.4, -0.2) is 17.0 Å². The van der Waals surface area contributed by atoms with Crippen molar-refractivity contribution in [1.82, 2.24) is 9.97 Å². The molecule has 0 amide bonds. The molecule has 5 heteroatoms. The summed E-state index contributed by atoms with van der Waals surface area (Å²) in [6.45, 7) is 4.50. The van der Waals surface area contributed by atoms with Gasteiger partial charge in [0.15, 0.2) is 0 Å². The maximum atomic E-state index is 6.18. The Morgan fingerprint density at radius 2 is 1.95 bits per heavy atom. The van der Waals surface area contributed by atoms with E-state index in [1.54, 1.807) is 6.07 Å². The molecule has 100 valence electrons. The first kappa shape index (κ1) is 13.6. The Bertz CT molecular complexity index is 578. The van der Waals surface area contributed by atoms with Crippen molar-refractivity contribution in [1.29, 1.82) is 0 Å². The van der Waals surface area contributed by atoms with Crippen LogP contribution in [0.1, 0.15) is 17.1 Å². The van der Waals surface area contributed by atoms with Crippen molar-refractivity contribution in [3.8, 4) is 0 Å². The summed E-state index contributed by atoms with van der Waals surface area (Å²) in [6, 6.07) is 7.45. The van der Waals surface area contributed by atoms with E-state index in [9.17, 15) is 0 Å². The van der Waals surface area contributed by atoms with Crippen LogP contribution in [0.4, 0.5) is 11.5 Å². The minimum atomic E-state index is 0.653. The van der Waals surface area contributed by atoms with Crippen LogP contribution >= 0.6 is 11.6 Å². The first-order valence-corrected chi connectivity index (χ1v) is 6.41. The number of benzene rings is 1. The fourth-order valence-corrected chi connectivity index (χ4v) is 2.12. The zero-order chi connectivity index (χ0) is 14.0. The third-order valence-electron chi connectivity index (χ3n) is 2.82. The molecule has 4 nitrogen and oxygen atoms in total. The minimum absolute atomic E-state index is 0.653. The molecule has 19 heavy (non-hydrogen) atoms. The molecule has 0 aliphatic carbocycles. The summed E-state index contributed by atoms with van der Waals surface area (Å²) in [5, 5.41) is 0.712. The third kappa shape index (κ3) is 3.35. The zero-order valence-electron chi connectivity index (χ0n) is 11.3. The molecule has 0 bridgehead atoms. The molecule has 2 N–H and O–H groups in total. The quantitative estimate of drug-likeness (QED) is 0.876. The SMILES string of the molecule is Cc1cc(N(C)Cc2cc(N)ccc2Cl)nc(C)n1. The molecular weight excluding hydrogens is 260 g/mol. The Kier molecular flexibility index (Phi) is 3.90. The minimum Gasteiger partial charge on any atom is -0.399 e. The summed E-state index contributed by atoms with van der Waals surface area (Å²) in [6.07, 6.45) is 0. The van der Waals surface area contributed by atoms with Crippen molar-refractivity contribution in [3.63, 3.8) is 0 Å². The van der Waals surface area contributed by atoms with E-state index >= 15 is 0 Å². The lowest BCUT2D eigenvalue weighted by atomic mass is 10.2. The van der Waals surface area contributed by atoms with Crippen LogP contribution in [0.2, 0.25) is 5.02 Å². The molecule has 0 unspecified atom stereocenters. The largest absolute Gasteiger partial charge is 0.399 e. The van der Waals surface area contributed by atoms with Crippen LogP contribution in [0.5, 0.6) is 0 Å². The van der Waals surface area contributed by atoms with Gasteiger partial charge in [0.2, 0.25) is 0 Å². The van der Waals surface area contributed by atoms with Gasteiger partial charge in [-0.3, -0.25) is 0 Å². The molecule has 0 aliphatic heterocycles. The normalized spacial score (nSPS) is 10.5.